The minimum absolute atomic E-state index is 0.0931. The molecule has 0 aliphatic heterocycles. The molecule has 0 fully saturated rings. The number of furan rings is 1. The van der Waals surface area contributed by atoms with Crippen molar-refractivity contribution in [2.24, 2.45) is 0 Å². The fourth-order valence-corrected chi connectivity index (χ4v) is 3.23. The number of hydrogen-bond donors (Lipinski definition) is 1. The maximum Gasteiger partial charge on any atom is 0.257 e. The minimum Gasteiger partial charge on any atom is -0.484 e. The van der Waals surface area contributed by atoms with Crippen molar-refractivity contribution in [2.45, 2.75) is 5.75 Å². The molecular weight excluding hydrogens is 376 g/mol. The second-order valence-corrected chi connectivity index (χ2v) is 8.61. The van der Waals surface area contributed by atoms with E-state index in [1.165, 1.54) is 11.4 Å². The second-order valence-electron chi connectivity index (χ2n) is 5.49. The summed E-state index contributed by atoms with van der Waals surface area (Å²) >= 11 is 1.67. The molecule has 2 aromatic rings. The zero-order valence-electron chi connectivity index (χ0n) is 14.7. The molecule has 1 aromatic carbocycles. The molecule has 9 heteroatoms. The molecule has 0 saturated carbocycles. The van der Waals surface area contributed by atoms with Crippen molar-refractivity contribution in [3.63, 3.8) is 0 Å². The van der Waals surface area contributed by atoms with Gasteiger partial charge in [-0.15, -0.1) is 0 Å². The smallest absolute Gasteiger partial charge is 0.257 e. The Labute approximate surface area is 157 Å². The number of rotatable bonds is 10. The molecule has 0 bridgehead atoms. The summed E-state index contributed by atoms with van der Waals surface area (Å²) in [6.45, 7) is 0.454. The molecule has 0 spiro atoms. The summed E-state index contributed by atoms with van der Waals surface area (Å²) in [7, 11) is -1.83. The Kier molecular flexibility index (Phi) is 7.40. The molecule has 0 radical (unpaired) electrons. The summed E-state index contributed by atoms with van der Waals surface area (Å²) in [4.78, 5) is 11.8. The standard InChI is InChI=1S/C17H22N2O5S2/c1-19(26(2,21)22)14-5-7-15(8-6-14)24-12-17(20)18-9-11-25-13-16-4-3-10-23-16/h3-8,10H,9,11-13H2,1-2H3,(H,18,20). The molecule has 0 aliphatic carbocycles. The molecule has 0 aliphatic rings. The van der Waals surface area contributed by atoms with Crippen LogP contribution in [0.2, 0.25) is 0 Å². The van der Waals surface area contributed by atoms with Gasteiger partial charge in [-0.2, -0.15) is 11.8 Å². The molecule has 1 aromatic heterocycles. The Morgan fingerprint density at radius 1 is 1.27 bits per heavy atom. The van der Waals surface area contributed by atoms with Crippen molar-refractivity contribution in [2.75, 3.05) is 36.5 Å². The molecule has 7 nitrogen and oxygen atoms in total. The Hall–Kier alpha value is -2.13. The maximum atomic E-state index is 11.8. The van der Waals surface area contributed by atoms with Crippen LogP contribution in [0.4, 0.5) is 5.69 Å². The van der Waals surface area contributed by atoms with Gasteiger partial charge in [0.1, 0.15) is 11.5 Å². The normalized spacial score (nSPS) is 11.2. The molecule has 0 saturated heterocycles. The van der Waals surface area contributed by atoms with Crippen molar-refractivity contribution in [3.05, 3.63) is 48.4 Å². The highest BCUT2D eigenvalue weighted by molar-refractivity contribution is 7.98. The summed E-state index contributed by atoms with van der Waals surface area (Å²) in [5, 5.41) is 2.78. The first-order valence-electron chi connectivity index (χ1n) is 7.90. The van der Waals surface area contributed by atoms with Gasteiger partial charge in [0.05, 0.1) is 24.0 Å². The highest BCUT2D eigenvalue weighted by Crippen LogP contribution is 2.20. The Balaban J connectivity index is 1.65. The number of thioether (sulfide) groups is 1. The van der Waals surface area contributed by atoms with Crippen LogP contribution in [-0.4, -0.2) is 46.5 Å². The lowest BCUT2D eigenvalue weighted by Gasteiger charge is -2.16. The first-order chi connectivity index (χ1) is 12.4. The largest absolute Gasteiger partial charge is 0.484 e. The first kappa shape index (κ1) is 20.2. The monoisotopic (exact) mass is 398 g/mol. The number of hydrogen-bond acceptors (Lipinski definition) is 6. The van der Waals surface area contributed by atoms with E-state index in [0.29, 0.717) is 18.0 Å². The third-order valence-corrected chi connectivity index (χ3v) is 5.65. The first-order valence-corrected chi connectivity index (χ1v) is 10.9. The number of ether oxygens (including phenoxy) is 1. The van der Waals surface area contributed by atoms with Gasteiger partial charge >= 0.3 is 0 Å². The number of carbonyl (C=O) groups is 1. The molecule has 1 amide bonds. The fourth-order valence-electron chi connectivity index (χ4n) is 1.97. The lowest BCUT2D eigenvalue weighted by molar-refractivity contribution is -0.122. The zero-order valence-corrected chi connectivity index (χ0v) is 16.3. The van der Waals surface area contributed by atoms with Gasteiger partial charge in [-0.3, -0.25) is 9.10 Å². The summed E-state index contributed by atoms with van der Waals surface area (Å²) in [5.41, 5.74) is 0.526. The quantitative estimate of drug-likeness (QED) is 0.617. The molecule has 26 heavy (non-hydrogen) atoms. The third-order valence-electron chi connectivity index (χ3n) is 3.46. The van der Waals surface area contributed by atoms with E-state index in [1.54, 1.807) is 42.3 Å². The minimum atomic E-state index is -3.30. The van der Waals surface area contributed by atoms with E-state index in [4.69, 9.17) is 9.15 Å². The van der Waals surface area contributed by atoms with E-state index in [9.17, 15) is 13.2 Å². The van der Waals surface area contributed by atoms with Crippen LogP contribution in [0.15, 0.2) is 47.1 Å². The van der Waals surface area contributed by atoms with Crippen molar-refractivity contribution in [3.8, 4) is 5.75 Å². The van der Waals surface area contributed by atoms with E-state index in [-0.39, 0.29) is 12.5 Å². The van der Waals surface area contributed by atoms with Gasteiger partial charge in [0.15, 0.2) is 6.61 Å². The van der Waals surface area contributed by atoms with Gasteiger partial charge < -0.3 is 14.5 Å². The number of benzene rings is 1. The van der Waals surface area contributed by atoms with E-state index in [1.807, 2.05) is 12.1 Å². The Bertz CT molecular complexity index is 789. The average Bonchev–Trinajstić information content (AvgIpc) is 3.12. The predicted molar refractivity (Wildman–Crippen MR) is 103 cm³/mol. The van der Waals surface area contributed by atoms with Gasteiger partial charge in [-0.1, -0.05) is 0 Å². The van der Waals surface area contributed by atoms with Crippen molar-refractivity contribution >= 4 is 33.4 Å². The number of sulfonamides is 1. The van der Waals surface area contributed by atoms with Crippen LogP contribution in [0.3, 0.4) is 0 Å². The Morgan fingerprint density at radius 2 is 2.00 bits per heavy atom. The van der Waals surface area contributed by atoms with Crippen LogP contribution in [0.1, 0.15) is 5.76 Å². The van der Waals surface area contributed by atoms with E-state index in [2.05, 4.69) is 5.32 Å². The van der Waals surface area contributed by atoms with Crippen molar-refractivity contribution in [1.82, 2.24) is 5.32 Å². The van der Waals surface area contributed by atoms with Gasteiger partial charge in [-0.25, -0.2) is 8.42 Å². The molecule has 142 valence electrons. The van der Waals surface area contributed by atoms with Crippen LogP contribution in [0.5, 0.6) is 5.75 Å². The van der Waals surface area contributed by atoms with Crippen LogP contribution in [-0.2, 0) is 20.6 Å². The number of amides is 1. The lowest BCUT2D eigenvalue weighted by atomic mass is 10.3. The number of nitrogens with zero attached hydrogens (tertiary/aromatic N) is 1. The molecule has 1 N–H and O–H groups in total. The topological polar surface area (TPSA) is 88.8 Å². The summed E-state index contributed by atoms with van der Waals surface area (Å²) in [5.74, 6) is 2.75. The highest BCUT2D eigenvalue weighted by atomic mass is 32.2. The lowest BCUT2D eigenvalue weighted by Crippen LogP contribution is -2.30. The molecule has 2 rings (SSSR count). The van der Waals surface area contributed by atoms with Gasteiger partial charge in [0, 0.05) is 19.3 Å². The summed E-state index contributed by atoms with van der Waals surface area (Å²) in [6, 6.07) is 10.3. The summed E-state index contributed by atoms with van der Waals surface area (Å²) in [6.07, 6.45) is 2.77. The van der Waals surface area contributed by atoms with E-state index in [0.717, 1.165) is 23.5 Å². The van der Waals surface area contributed by atoms with Crippen LogP contribution >= 0.6 is 11.8 Å². The maximum absolute atomic E-state index is 11.8. The fraction of sp³-hybridized carbons (Fsp3) is 0.353. The Morgan fingerprint density at radius 3 is 2.62 bits per heavy atom. The molecular formula is C17H22N2O5S2. The molecule has 0 atom stereocenters. The highest BCUT2D eigenvalue weighted by Gasteiger charge is 2.11. The second kappa shape index (κ2) is 9.54. The van der Waals surface area contributed by atoms with Crippen LogP contribution in [0, 0.1) is 0 Å². The predicted octanol–water partition coefficient (Wildman–Crippen LogP) is 2.10. The third kappa shape index (κ3) is 6.64. The van der Waals surface area contributed by atoms with Crippen LogP contribution in [0.25, 0.3) is 0 Å². The van der Waals surface area contributed by atoms with Crippen LogP contribution < -0.4 is 14.4 Å². The van der Waals surface area contributed by atoms with E-state index >= 15 is 0 Å². The van der Waals surface area contributed by atoms with Gasteiger partial charge in [-0.05, 0) is 36.4 Å². The number of nitrogens with one attached hydrogen (secondary N) is 1. The van der Waals surface area contributed by atoms with Gasteiger partial charge in [0.25, 0.3) is 5.91 Å². The average molecular weight is 399 g/mol. The molecule has 1 heterocycles. The van der Waals surface area contributed by atoms with Crippen molar-refractivity contribution < 1.29 is 22.4 Å². The van der Waals surface area contributed by atoms with E-state index < -0.39 is 10.0 Å². The molecule has 0 unspecified atom stereocenters. The summed E-state index contributed by atoms with van der Waals surface area (Å²) < 4.78 is 34.8. The SMILES string of the molecule is CN(c1ccc(OCC(=O)NCCSCc2ccco2)cc1)S(C)(=O)=O. The van der Waals surface area contributed by atoms with Gasteiger partial charge in [0.2, 0.25) is 10.0 Å². The number of anilines is 1. The number of carbonyl (C=O) groups excluding carboxylic acids is 1. The van der Waals surface area contributed by atoms with Crippen molar-refractivity contribution in [1.29, 1.82) is 0 Å². The zero-order chi connectivity index (χ0) is 19.0.